The van der Waals surface area contributed by atoms with Crippen LogP contribution in [0, 0.1) is 0 Å². The van der Waals surface area contributed by atoms with Crippen LogP contribution in [0.4, 0.5) is 4.79 Å². The third-order valence-electron chi connectivity index (χ3n) is 4.12. The highest BCUT2D eigenvalue weighted by molar-refractivity contribution is 7.91. The van der Waals surface area contributed by atoms with E-state index in [0.717, 1.165) is 0 Å². The SMILES string of the molecule is COCCOC(=O)N1CCN(CCOC)[C@@H]2CS(=O)(=O)C[C@@H]21. The fourth-order valence-corrected chi connectivity index (χ4v) is 5.04. The van der Waals surface area contributed by atoms with Gasteiger partial charge in [-0.1, -0.05) is 0 Å². The first-order valence-electron chi connectivity index (χ1n) is 7.34. The van der Waals surface area contributed by atoms with Crippen molar-refractivity contribution < 1.29 is 27.4 Å². The maximum Gasteiger partial charge on any atom is 0.410 e. The van der Waals surface area contributed by atoms with Crippen molar-refractivity contribution in [3.8, 4) is 0 Å². The van der Waals surface area contributed by atoms with Crippen molar-refractivity contribution in [2.75, 3.05) is 65.2 Å². The third-order valence-corrected chi connectivity index (χ3v) is 5.82. The van der Waals surface area contributed by atoms with Crippen LogP contribution < -0.4 is 0 Å². The lowest BCUT2D eigenvalue weighted by atomic mass is 10.1. The molecule has 2 saturated heterocycles. The highest BCUT2D eigenvalue weighted by Gasteiger charge is 2.48. The smallest absolute Gasteiger partial charge is 0.410 e. The number of nitrogens with zero attached hydrogens (tertiary/aromatic N) is 2. The highest BCUT2D eigenvalue weighted by atomic mass is 32.2. The summed E-state index contributed by atoms with van der Waals surface area (Å²) in [5.74, 6) is 0.0871. The van der Waals surface area contributed by atoms with E-state index >= 15 is 0 Å². The maximum atomic E-state index is 12.2. The first-order chi connectivity index (χ1) is 10.5. The zero-order chi connectivity index (χ0) is 16.2. The van der Waals surface area contributed by atoms with Crippen molar-refractivity contribution in [3.63, 3.8) is 0 Å². The lowest BCUT2D eigenvalue weighted by molar-refractivity contribution is 0.0137. The van der Waals surface area contributed by atoms with E-state index in [1.165, 1.54) is 7.11 Å². The predicted molar refractivity (Wildman–Crippen MR) is 79.6 cm³/mol. The van der Waals surface area contributed by atoms with Gasteiger partial charge in [0.15, 0.2) is 9.84 Å². The number of carbonyl (C=O) groups excluding carboxylic acids is 1. The number of piperazine rings is 1. The predicted octanol–water partition coefficient (Wildman–Crippen LogP) is -0.801. The summed E-state index contributed by atoms with van der Waals surface area (Å²) in [5.41, 5.74) is 0. The second-order valence-electron chi connectivity index (χ2n) is 5.54. The van der Waals surface area contributed by atoms with E-state index in [0.29, 0.717) is 32.8 Å². The van der Waals surface area contributed by atoms with Crippen LogP contribution in [0.5, 0.6) is 0 Å². The van der Waals surface area contributed by atoms with Gasteiger partial charge in [-0.05, 0) is 0 Å². The van der Waals surface area contributed by atoms with Crippen LogP contribution in [0.1, 0.15) is 0 Å². The molecule has 0 aromatic heterocycles. The minimum absolute atomic E-state index is 0.000522. The van der Waals surface area contributed by atoms with Crippen molar-refractivity contribution in [2.24, 2.45) is 0 Å². The van der Waals surface area contributed by atoms with E-state index in [1.54, 1.807) is 12.0 Å². The van der Waals surface area contributed by atoms with Gasteiger partial charge in [0.2, 0.25) is 0 Å². The summed E-state index contributed by atoms with van der Waals surface area (Å²) < 4.78 is 39.0. The lowest BCUT2D eigenvalue weighted by Crippen LogP contribution is -2.61. The molecule has 2 atom stereocenters. The molecule has 22 heavy (non-hydrogen) atoms. The van der Waals surface area contributed by atoms with Crippen LogP contribution in [0.15, 0.2) is 0 Å². The highest BCUT2D eigenvalue weighted by Crippen LogP contribution is 2.27. The number of hydrogen-bond acceptors (Lipinski definition) is 7. The maximum absolute atomic E-state index is 12.2. The number of methoxy groups -OCH3 is 2. The van der Waals surface area contributed by atoms with Gasteiger partial charge < -0.3 is 19.1 Å². The largest absolute Gasteiger partial charge is 0.447 e. The average molecular weight is 336 g/mol. The zero-order valence-electron chi connectivity index (χ0n) is 13.1. The van der Waals surface area contributed by atoms with E-state index in [4.69, 9.17) is 14.2 Å². The number of amides is 1. The molecule has 9 heteroatoms. The molecular formula is C13H24N2O6S. The summed E-state index contributed by atoms with van der Waals surface area (Å²) in [6.45, 7) is 2.79. The Hall–Kier alpha value is -0.900. The summed E-state index contributed by atoms with van der Waals surface area (Å²) in [7, 11) is 0.0121. The second kappa shape index (κ2) is 7.58. The monoisotopic (exact) mass is 336 g/mol. The molecule has 0 spiro atoms. The quantitative estimate of drug-likeness (QED) is 0.587. The fourth-order valence-electron chi connectivity index (χ4n) is 3.03. The van der Waals surface area contributed by atoms with Crippen molar-refractivity contribution in [2.45, 2.75) is 12.1 Å². The minimum Gasteiger partial charge on any atom is -0.447 e. The van der Waals surface area contributed by atoms with Gasteiger partial charge >= 0.3 is 6.09 Å². The van der Waals surface area contributed by atoms with Gasteiger partial charge in [0.1, 0.15) is 6.61 Å². The van der Waals surface area contributed by atoms with Crippen LogP contribution in [-0.2, 0) is 24.0 Å². The molecule has 0 aromatic carbocycles. The molecule has 0 aromatic rings. The summed E-state index contributed by atoms with van der Waals surface area (Å²) in [6.07, 6.45) is -0.462. The molecule has 2 heterocycles. The molecule has 1 amide bonds. The Labute approximate surface area is 131 Å². The molecular weight excluding hydrogens is 312 g/mol. The van der Waals surface area contributed by atoms with E-state index in [1.807, 2.05) is 0 Å². The molecule has 2 aliphatic rings. The van der Waals surface area contributed by atoms with Gasteiger partial charge in [-0.25, -0.2) is 13.2 Å². The molecule has 0 radical (unpaired) electrons. The fraction of sp³-hybridized carbons (Fsp3) is 0.923. The van der Waals surface area contributed by atoms with Crippen molar-refractivity contribution in [1.29, 1.82) is 0 Å². The van der Waals surface area contributed by atoms with E-state index < -0.39 is 15.9 Å². The number of carbonyl (C=O) groups is 1. The van der Waals surface area contributed by atoms with Crippen LogP contribution >= 0.6 is 0 Å². The molecule has 0 unspecified atom stereocenters. The summed E-state index contributed by atoms with van der Waals surface area (Å²) >= 11 is 0. The zero-order valence-corrected chi connectivity index (χ0v) is 13.9. The molecule has 0 N–H and O–H groups in total. The molecule has 8 nitrogen and oxygen atoms in total. The number of sulfone groups is 1. The van der Waals surface area contributed by atoms with Gasteiger partial charge in [-0.2, -0.15) is 0 Å². The Morgan fingerprint density at radius 3 is 2.41 bits per heavy atom. The normalized spacial score (nSPS) is 27.6. The van der Waals surface area contributed by atoms with Crippen LogP contribution in [0.25, 0.3) is 0 Å². The van der Waals surface area contributed by atoms with Crippen LogP contribution in [0.3, 0.4) is 0 Å². The topological polar surface area (TPSA) is 85.4 Å². The Balaban J connectivity index is 2.04. The number of ether oxygens (including phenoxy) is 3. The first kappa shape index (κ1) is 17.5. The number of hydrogen-bond donors (Lipinski definition) is 0. The van der Waals surface area contributed by atoms with Gasteiger partial charge in [0.25, 0.3) is 0 Å². The molecule has 128 valence electrons. The summed E-state index contributed by atoms with van der Waals surface area (Å²) in [5, 5.41) is 0. The minimum atomic E-state index is -3.14. The molecule has 2 fully saturated rings. The Bertz CT molecular complexity index is 483. The van der Waals surface area contributed by atoms with E-state index in [-0.39, 0.29) is 30.2 Å². The number of rotatable bonds is 6. The summed E-state index contributed by atoms with van der Waals surface area (Å²) in [6, 6.07) is -0.519. The van der Waals surface area contributed by atoms with Crippen LogP contribution in [0.2, 0.25) is 0 Å². The second-order valence-corrected chi connectivity index (χ2v) is 7.69. The summed E-state index contributed by atoms with van der Waals surface area (Å²) in [4.78, 5) is 15.8. The first-order valence-corrected chi connectivity index (χ1v) is 9.16. The Morgan fingerprint density at radius 1 is 1.05 bits per heavy atom. The van der Waals surface area contributed by atoms with Crippen molar-refractivity contribution >= 4 is 15.9 Å². The third kappa shape index (κ3) is 4.09. The molecule has 2 rings (SSSR count). The van der Waals surface area contributed by atoms with E-state index in [2.05, 4.69) is 4.90 Å². The van der Waals surface area contributed by atoms with Gasteiger partial charge in [-0.3, -0.25) is 4.90 Å². The molecule has 2 aliphatic heterocycles. The molecule has 0 aliphatic carbocycles. The van der Waals surface area contributed by atoms with Gasteiger partial charge in [0.05, 0.1) is 30.8 Å². The standard InChI is InChI=1S/C13H24N2O6S/c1-19-6-5-14-3-4-15(13(16)21-8-7-20-2)12-10-22(17,18)9-11(12)14/h11-12H,3-10H2,1-2H3/t11-,12+/m1/s1. The van der Waals surface area contributed by atoms with Crippen molar-refractivity contribution in [3.05, 3.63) is 0 Å². The Kier molecular flexibility index (Phi) is 6.01. The molecule has 0 saturated carbocycles. The van der Waals surface area contributed by atoms with Gasteiger partial charge in [0, 0.05) is 39.9 Å². The van der Waals surface area contributed by atoms with Gasteiger partial charge in [-0.15, -0.1) is 0 Å². The number of fused-ring (bicyclic) bond motifs is 1. The molecule has 0 bridgehead atoms. The lowest BCUT2D eigenvalue weighted by Gasteiger charge is -2.43. The Morgan fingerprint density at radius 2 is 1.73 bits per heavy atom. The van der Waals surface area contributed by atoms with Crippen molar-refractivity contribution in [1.82, 2.24) is 9.80 Å². The van der Waals surface area contributed by atoms with Crippen LogP contribution in [-0.4, -0.2) is 102 Å². The average Bonchev–Trinajstić information content (AvgIpc) is 2.79. The van der Waals surface area contributed by atoms with E-state index in [9.17, 15) is 13.2 Å².